The zero-order valence-corrected chi connectivity index (χ0v) is 12.0. The number of hydrogen-bond donors (Lipinski definition) is 3. The molecule has 3 heteroatoms. The highest BCUT2D eigenvalue weighted by atomic mass is 16.7. The summed E-state index contributed by atoms with van der Waals surface area (Å²) in [4.78, 5) is 0. The maximum Gasteiger partial charge on any atom is 0.297 e. The normalized spacial score (nSPS) is 13.3. The first-order valence-electron chi connectivity index (χ1n) is 7.24. The zero-order chi connectivity index (χ0) is 14.4. The summed E-state index contributed by atoms with van der Waals surface area (Å²) < 4.78 is 0. The lowest BCUT2D eigenvalue weighted by Gasteiger charge is -2.05. The molecule has 0 spiro atoms. The number of allylic oxidation sites excluding steroid dienone is 5. The first-order valence-corrected chi connectivity index (χ1v) is 7.24. The van der Waals surface area contributed by atoms with Crippen molar-refractivity contribution in [3.8, 4) is 0 Å². The molecule has 19 heavy (non-hydrogen) atoms. The lowest BCUT2D eigenvalue weighted by atomic mass is 10.1. The lowest BCUT2D eigenvalue weighted by Crippen LogP contribution is -2.22. The monoisotopic (exact) mass is 268 g/mol. The predicted molar refractivity (Wildman–Crippen MR) is 79.4 cm³/mol. The van der Waals surface area contributed by atoms with Crippen molar-refractivity contribution in [1.82, 2.24) is 0 Å². The molecule has 0 bridgehead atoms. The molecule has 0 aromatic heterocycles. The Hall–Kier alpha value is -0.900. The van der Waals surface area contributed by atoms with Gasteiger partial charge in [-0.15, -0.1) is 0 Å². The van der Waals surface area contributed by atoms with Crippen molar-refractivity contribution in [3.05, 3.63) is 36.5 Å². The van der Waals surface area contributed by atoms with Gasteiger partial charge in [0, 0.05) is 6.08 Å². The van der Waals surface area contributed by atoms with Gasteiger partial charge < -0.3 is 15.3 Å². The van der Waals surface area contributed by atoms with Crippen LogP contribution in [0.3, 0.4) is 0 Å². The second kappa shape index (κ2) is 12.2. The molecule has 3 N–H and O–H groups in total. The van der Waals surface area contributed by atoms with E-state index < -0.39 is 5.97 Å². The van der Waals surface area contributed by atoms with Gasteiger partial charge in [0.15, 0.2) is 0 Å². The summed E-state index contributed by atoms with van der Waals surface area (Å²) in [7, 11) is 0. The third-order valence-electron chi connectivity index (χ3n) is 2.76. The minimum Gasteiger partial charge on any atom is -0.340 e. The Morgan fingerprint density at radius 2 is 1.32 bits per heavy atom. The number of unbranched alkanes of at least 4 members (excludes halogenated alkanes) is 7. The molecular weight excluding hydrogens is 240 g/mol. The second-order valence-corrected chi connectivity index (χ2v) is 4.77. The highest BCUT2D eigenvalue weighted by Crippen LogP contribution is 2.08. The largest absolute Gasteiger partial charge is 0.340 e. The molecular formula is C16H28O3. The Bertz CT molecular complexity index is 272. The van der Waals surface area contributed by atoms with Crippen molar-refractivity contribution in [2.24, 2.45) is 0 Å². The standard InChI is InChI=1S/C16H28O3/c1-2-3-4-5-6-7-8-9-10-11-12-13-14-15-16(17,18)19/h10-15,17-19H,2-9H2,1H3. The minimum absolute atomic E-state index is 0.896. The van der Waals surface area contributed by atoms with Gasteiger partial charge >= 0.3 is 0 Å². The van der Waals surface area contributed by atoms with Crippen LogP contribution >= 0.6 is 0 Å². The molecule has 0 aliphatic rings. The smallest absolute Gasteiger partial charge is 0.297 e. The van der Waals surface area contributed by atoms with Crippen LogP contribution in [0.15, 0.2) is 36.5 Å². The molecule has 0 aliphatic heterocycles. The van der Waals surface area contributed by atoms with Gasteiger partial charge in [0.2, 0.25) is 0 Å². The first-order chi connectivity index (χ1) is 9.06. The van der Waals surface area contributed by atoms with E-state index in [1.165, 1.54) is 51.0 Å². The van der Waals surface area contributed by atoms with Crippen molar-refractivity contribution in [2.45, 2.75) is 64.3 Å². The first kappa shape index (κ1) is 18.1. The van der Waals surface area contributed by atoms with Crippen molar-refractivity contribution < 1.29 is 15.3 Å². The number of rotatable bonds is 11. The Labute approximate surface area is 117 Å². The molecule has 0 fully saturated rings. The van der Waals surface area contributed by atoms with E-state index in [4.69, 9.17) is 15.3 Å². The van der Waals surface area contributed by atoms with Crippen LogP contribution in [0.2, 0.25) is 0 Å². The minimum atomic E-state index is -2.72. The number of aliphatic hydroxyl groups is 3. The summed E-state index contributed by atoms with van der Waals surface area (Å²) in [6, 6.07) is 0. The molecule has 0 aromatic carbocycles. The molecule has 0 unspecified atom stereocenters. The van der Waals surface area contributed by atoms with E-state index in [9.17, 15) is 0 Å². The van der Waals surface area contributed by atoms with Crippen LogP contribution in [0, 0.1) is 0 Å². The van der Waals surface area contributed by atoms with Crippen LogP contribution in [-0.2, 0) is 0 Å². The number of hydrogen-bond acceptors (Lipinski definition) is 3. The molecule has 0 rings (SSSR count). The third kappa shape index (κ3) is 17.1. The molecule has 0 radical (unpaired) electrons. The van der Waals surface area contributed by atoms with Gasteiger partial charge in [-0.2, -0.15) is 0 Å². The van der Waals surface area contributed by atoms with Crippen LogP contribution in [0.5, 0.6) is 0 Å². The van der Waals surface area contributed by atoms with E-state index in [0.29, 0.717) is 0 Å². The SMILES string of the molecule is CCCCCCCCCC=CC=CC=CC(O)(O)O. The maximum absolute atomic E-state index is 8.57. The Balaban J connectivity index is 3.39. The summed E-state index contributed by atoms with van der Waals surface area (Å²) in [5, 5.41) is 25.7. The van der Waals surface area contributed by atoms with E-state index in [1.54, 1.807) is 12.2 Å². The molecule has 0 saturated heterocycles. The molecule has 0 saturated carbocycles. The van der Waals surface area contributed by atoms with Crippen LogP contribution in [0.25, 0.3) is 0 Å². The summed E-state index contributed by atoms with van der Waals surface area (Å²) in [5.41, 5.74) is 0. The zero-order valence-electron chi connectivity index (χ0n) is 12.0. The van der Waals surface area contributed by atoms with E-state index in [2.05, 4.69) is 13.0 Å². The van der Waals surface area contributed by atoms with E-state index in [1.807, 2.05) is 6.08 Å². The predicted octanol–water partition coefficient (Wildman–Crippen LogP) is 3.43. The van der Waals surface area contributed by atoms with Crippen LogP contribution in [0.4, 0.5) is 0 Å². The topological polar surface area (TPSA) is 60.7 Å². The fraction of sp³-hybridized carbons (Fsp3) is 0.625. The van der Waals surface area contributed by atoms with E-state index in [0.717, 1.165) is 12.5 Å². The molecule has 3 nitrogen and oxygen atoms in total. The lowest BCUT2D eigenvalue weighted by molar-refractivity contribution is -0.273. The molecule has 0 atom stereocenters. The van der Waals surface area contributed by atoms with E-state index >= 15 is 0 Å². The van der Waals surface area contributed by atoms with Gasteiger partial charge in [-0.3, -0.25) is 0 Å². The molecule has 0 aromatic rings. The van der Waals surface area contributed by atoms with Gasteiger partial charge in [0.05, 0.1) is 0 Å². The fourth-order valence-electron chi connectivity index (χ4n) is 1.71. The van der Waals surface area contributed by atoms with Gasteiger partial charge in [-0.25, -0.2) is 0 Å². The van der Waals surface area contributed by atoms with Gasteiger partial charge in [0.25, 0.3) is 5.97 Å². The highest BCUT2D eigenvalue weighted by Gasteiger charge is 2.10. The third-order valence-corrected chi connectivity index (χ3v) is 2.76. The molecule has 0 heterocycles. The van der Waals surface area contributed by atoms with Crippen molar-refractivity contribution >= 4 is 0 Å². The Morgan fingerprint density at radius 3 is 1.95 bits per heavy atom. The molecule has 110 valence electrons. The molecule has 0 amide bonds. The summed E-state index contributed by atoms with van der Waals surface area (Å²) in [6.45, 7) is 2.23. The van der Waals surface area contributed by atoms with Crippen molar-refractivity contribution in [3.63, 3.8) is 0 Å². The van der Waals surface area contributed by atoms with Crippen LogP contribution in [0.1, 0.15) is 58.3 Å². The fourth-order valence-corrected chi connectivity index (χ4v) is 1.71. The highest BCUT2D eigenvalue weighted by molar-refractivity contribution is 5.11. The quantitative estimate of drug-likeness (QED) is 0.306. The maximum atomic E-state index is 8.57. The van der Waals surface area contributed by atoms with Gasteiger partial charge in [-0.1, -0.05) is 75.8 Å². The van der Waals surface area contributed by atoms with Crippen LogP contribution in [-0.4, -0.2) is 21.3 Å². The average Bonchev–Trinajstić information content (AvgIpc) is 2.34. The van der Waals surface area contributed by atoms with E-state index in [-0.39, 0.29) is 0 Å². The summed E-state index contributed by atoms with van der Waals surface area (Å²) in [6.07, 6.45) is 20.0. The van der Waals surface area contributed by atoms with Gasteiger partial charge in [0.1, 0.15) is 0 Å². The van der Waals surface area contributed by atoms with Gasteiger partial charge in [-0.05, 0) is 12.8 Å². The Morgan fingerprint density at radius 1 is 0.737 bits per heavy atom. The van der Waals surface area contributed by atoms with Crippen molar-refractivity contribution in [2.75, 3.05) is 0 Å². The summed E-state index contributed by atoms with van der Waals surface area (Å²) in [5.74, 6) is -2.72. The molecule has 0 aliphatic carbocycles. The second-order valence-electron chi connectivity index (χ2n) is 4.77. The van der Waals surface area contributed by atoms with Crippen molar-refractivity contribution in [1.29, 1.82) is 0 Å². The summed E-state index contributed by atoms with van der Waals surface area (Å²) >= 11 is 0. The average molecular weight is 268 g/mol. The Kier molecular flexibility index (Phi) is 11.6. The van der Waals surface area contributed by atoms with Crippen LogP contribution < -0.4 is 0 Å².